The summed E-state index contributed by atoms with van der Waals surface area (Å²) in [7, 11) is 0. The Balaban J connectivity index is 2.23. The first kappa shape index (κ1) is 15.1. The zero-order chi connectivity index (χ0) is 16.6. The molecule has 3 rings (SSSR count). The average molecular weight is 328 g/mol. The van der Waals surface area contributed by atoms with Crippen molar-refractivity contribution in [3.8, 4) is 0 Å². The maximum Gasteiger partial charge on any atom is 0.259 e. The van der Waals surface area contributed by atoms with Crippen LogP contribution in [0.3, 0.4) is 0 Å². The third-order valence-electron chi connectivity index (χ3n) is 3.74. The molecule has 1 atom stereocenters. The van der Waals surface area contributed by atoms with Gasteiger partial charge in [0.25, 0.3) is 5.56 Å². The van der Waals surface area contributed by atoms with E-state index in [2.05, 4.69) is 0 Å². The number of primary amides is 1. The summed E-state index contributed by atoms with van der Waals surface area (Å²) in [6.45, 7) is 0. The van der Waals surface area contributed by atoms with Crippen LogP contribution in [0.2, 0.25) is 5.02 Å². The monoisotopic (exact) mass is 327 g/mol. The zero-order valence-corrected chi connectivity index (χ0v) is 12.8. The van der Waals surface area contributed by atoms with E-state index in [1.54, 1.807) is 48.5 Å². The zero-order valence-electron chi connectivity index (χ0n) is 12.1. The van der Waals surface area contributed by atoms with Gasteiger partial charge in [0.05, 0.1) is 0 Å². The molecule has 1 aromatic heterocycles. The number of fused-ring (bicyclic) bond motifs is 1. The van der Waals surface area contributed by atoms with Crippen LogP contribution in [-0.4, -0.2) is 10.5 Å². The molecule has 0 saturated heterocycles. The second-order valence-corrected chi connectivity index (χ2v) is 5.63. The highest BCUT2D eigenvalue weighted by Crippen LogP contribution is 2.22. The molecule has 0 saturated carbocycles. The Labute approximate surface area is 137 Å². The van der Waals surface area contributed by atoms with Gasteiger partial charge in [-0.25, -0.2) is 0 Å². The predicted molar refractivity (Wildman–Crippen MR) is 91.4 cm³/mol. The van der Waals surface area contributed by atoms with Gasteiger partial charge in [-0.1, -0.05) is 29.8 Å². The molecule has 1 heterocycles. The fourth-order valence-corrected chi connectivity index (χ4v) is 2.75. The van der Waals surface area contributed by atoms with Crippen molar-refractivity contribution in [1.29, 1.82) is 0 Å². The standard InChI is InChI=1S/C17H14ClN3O2/c18-11-6-4-10(5-7-11)15(16(20)22)21-9-8-12-13(17(21)23)2-1-3-14(12)19/h1-9,15H,19H2,(H2,20,22). The minimum Gasteiger partial charge on any atom is -0.398 e. The summed E-state index contributed by atoms with van der Waals surface area (Å²) in [6, 6.07) is 12.5. The Morgan fingerprint density at radius 3 is 2.39 bits per heavy atom. The minimum atomic E-state index is -0.911. The molecule has 0 bridgehead atoms. The summed E-state index contributed by atoms with van der Waals surface area (Å²) in [5.74, 6) is -0.627. The highest BCUT2D eigenvalue weighted by molar-refractivity contribution is 6.30. The van der Waals surface area contributed by atoms with Gasteiger partial charge in [0.2, 0.25) is 5.91 Å². The third-order valence-corrected chi connectivity index (χ3v) is 3.99. The van der Waals surface area contributed by atoms with E-state index in [1.165, 1.54) is 10.8 Å². The Hall–Kier alpha value is -2.79. The van der Waals surface area contributed by atoms with Crippen molar-refractivity contribution in [1.82, 2.24) is 4.57 Å². The number of nitrogen functional groups attached to an aromatic ring is 1. The quantitative estimate of drug-likeness (QED) is 0.723. The van der Waals surface area contributed by atoms with E-state index in [4.69, 9.17) is 23.1 Å². The Bertz CT molecular complexity index is 948. The number of nitrogens with two attached hydrogens (primary N) is 2. The second-order valence-electron chi connectivity index (χ2n) is 5.19. The van der Waals surface area contributed by atoms with E-state index >= 15 is 0 Å². The molecule has 1 unspecified atom stereocenters. The molecule has 0 spiro atoms. The first-order valence-corrected chi connectivity index (χ1v) is 7.31. The van der Waals surface area contributed by atoms with Crippen molar-refractivity contribution in [2.75, 3.05) is 5.73 Å². The lowest BCUT2D eigenvalue weighted by atomic mass is 10.0. The topological polar surface area (TPSA) is 91.1 Å². The van der Waals surface area contributed by atoms with Gasteiger partial charge < -0.3 is 11.5 Å². The van der Waals surface area contributed by atoms with E-state index in [-0.39, 0.29) is 5.56 Å². The van der Waals surface area contributed by atoms with Crippen molar-refractivity contribution in [3.63, 3.8) is 0 Å². The van der Waals surface area contributed by atoms with Crippen molar-refractivity contribution in [3.05, 3.63) is 75.7 Å². The molecule has 0 radical (unpaired) electrons. The lowest BCUT2D eigenvalue weighted by Gasteiger charge is -2.18. The van der Waals surface area contributed by atoms with Crippen LogP contribution < -0.4 is 17.0 Å². The molecule has 0 aliphatic heterocycles. The summed E-state index contributed by atoms with van der Waals surface area (Å²) >= 11 is 5.87. The molecule has 0 fully saturated rings. The van der Waals surface area contributed by atoms with Crippen LogP contribution in [0.5, 0.6) is 0 Å². The molecule has 6 heteroatoms. The number of halogens is 1. The number of benzene rings is 2. The van der Waals surface area contributed by atoms with E-state index in [0.29, 0.717) is 27.0 Å². The van der Waals surface area contributed by atoms with Gasteiger partial charge in [-0.05, 0) is 35.9 Å². The van der Waals surface area contributed by atoms with Crippen LogP contribution in [0.1, 0.15) is 11.6 Å². The number of rotatable bonds is 3. The van der Waals surface area contributed by atoms with Gasteiger partial charge in [0.1, 0.15) is 6.04 Å². The predicted octanol–water partition coefficient (Wildman–Crippen LogP) is 2.31. The summed E-state index contributed by atoms with van der Waals surface area (Å²) in [5, 5.41) is 1.62. The van der Waals surface area contributed by atoms with Crippen molar-refractivity contribution < 1.29 is 4.79 Å². The number of nitrogens with zero attached hydrogens (tertiary/aromatic N) is 1. The highest BCUT2D eigenvalue weighted by atomic mass is 35.5. The van der Waals surface area contributed by atoms with Crippen LogP contribution in [0.4, 0.5) is 5.69 Å². The van der Waals surface area contributed by atoms with Crippen LogP contribution in [0.15, 0.2) is 59.5 Å². The largest absolute Gasteiger partial charge is 0.398 e. The number of carbonyl (C=O) groups excluding carboxylic acids is 1. The summed E-state index contributed by atoms with van der Waals surface area (Å²) in [5.41, 5.74) is 12.2. The lowest BCUT2D eigenvalue weighted by molar-refractivity contribution is -0.120. The van der Waals surface area contributed by atoms with E-state index in [1.807, 2.05) is 0 Å². The maximum atomic E-state index is 12.7. The SMILES string of the molecule is NC(=O)C(c1ccc(Cl)cc1)n1ccc2c(N)cccc2c1=O. The number of amides is 1. The molecule has 4 N–H and O–H groups in total. The number of anilines is 1. The fourth-order valence-electron chi connectivity index (χ4n) is 2.63. The first-order chi connectivity index (χ1) is 11.0. The van der Waals surface area contributed by atoms with Gasteiger partial charge >= 0.3 is 0 Å². The van der Waals surface area contributed by atoms with Crippen LogP contribution in [-0.2, 0) is 4.79 Å². The molecule has 1 amide bonds. The van der Waals surface area contributed by atoms with Crippen LogP contribution >= 0.6 is 11.6 Å². The van der Waals surface area contributed by atoms with Gasteiger partial charge in [-0.2, -0.15) is 0 Å². The smallest absolute Gasteiger partial charge is 0.259 e. The summed E-state index contributed by atoms with van der Waals surface area (Å²) in [4.78, 5) is 24.7. The molecule has 3 aromatic rings. The van der Waals surface area contributed by atoms with Gasteiger partial charge in [0, 0.05) is 27.7 Å². The van der Waals surface area contributed by atoms with Gasteiger partial charge in [-0.3, -0.25) is 14.2 Å². The fraction of sp³-hybridized carbons (Fsp3) is 0.0588. The van der Waals surface area contributed by atoms with Crippen LogP contribution in [0, 0.1) is 0 Å². The number of aromatic nitrogens is 1. The number of carbonyl (C=O) groups is 1. The average Bonchev–Trinajstić information content (AvgIpc) is 2.52. The lowest BCUT2D eigenvalue weighted by Crippen LogP contribution is -2.34. The van der Waals surface area contributed by atoms with Crippen molar-refractivity contribution in [2.24, 2.45) is 5.73 Å². The van der Waals surface area contributed by atoms with E-state index in [0.717, 1.165) is 0 Å². The van der Waals surface area contributed by atoms with Crippen molar-refractivity contribution >= 4 is 34.0 Å². The molecule has 0 aliphatic rings. The third kappa shape index (κ3) is 2.66. The molecule has 0 aliphatic carbocycles. The van der Waals surface area contributed by atoms with Crippen LogP contribution in [0.25, 0.3) is 10.8 Å². The minimum absolute atomic E-state index is 0.325. The first-order valence-electron chi connectivity index (χ1n) is 6.93. The Kier molecular flexibility index (Phi) is 3.80. The molecular formula is C17H14ClN3O2. The normalized spacial score (nSPS) is 12.2. The van der Waals surface area contributed by atoms with Gasteiger partial charge in [-0.15, -0.1) is 0 Å². The molecule has 2 aromatic carbocycles. The Morgan fingerprint density at radius 2 is 1.74 bits per heavy atom. The van der Waals surface area contributed by atoms with E-state index < -0.39 is 11.9 Å². The highest BCUT2D eigenvalue weighted by Gasteiger charge is 2.21. The summed E-state index contributed by atoms with van der Waals surface area (Å²) in [6.07, 6.45) is 1.53. The summed E-state index contributed by atoms with van der Waals surface area (Å²) < 4.78 is 1.31. The number of hydrogen-bond donors (Lipinski definition) is 2. The maximum absolute atomic E-state index is 12.7. The molecular weight excluding hydrogens is 314 g/mol. The number of hydrogen-bond acceptors (Lipinski definition) is 3. The molecule has 116 valence electrons. The Morgan fingerprint density at radius 1 is 1.04 bits per heavy atom. The molecule has 5 nitrogen and oxygen atoms in total. The van der Waals surface area contributed by atoms with Gasteiger partial charge in [0.15, 0.2) is 0 Å². The number of pyridine rings is 1. The van der Waals surface area contributed by atoms with Crippen molar-refractivity contribution in [2.45, 2.75) is 6.04 Å². The van der Waals surface area contributed by atoms with E-state index in [9.17, 15) is 9.59 Å². The second kappa shape index (κ2) is 5.78. The molecule has 23 heavy (non-hydrogen) atoms.